The van der Waals surface area contributed by atoms with Gasteiger partial charge in [-0.3, -0.25) is 4.79 Å². The van der Waals surface area contributed by atoms with E-state index in [0.29, 0.717) is 16.8 Å². The Bertz CT molecular complexity index is 1010. The van der Waals surface area contributed by atoms with Crippen molar-refractivity contribution in [3.63, 3.8) is 0 Å². The quantitative estimate of drug-likeness (QED) is 0.674. The van der Waals surface area contributed by atoms with Crippen LogP contribution in [0.1, 0.15) is 25.7 Å². The first-order valence-electron chi connectivity index (χ1n) is 9.58. The maximum Gasteiger partial charge on any atom is 0.225 e. The number of nitrogens with zero attached hydrogens (tertiary/aromatic N) is 4. The molecule has 2 aliphatic heterocycles. The Morgan fingerprint density at radius 3 is 2.67 bits per heavy atom. The number of anilines is 1. The number of aromatic nitrogens is 2. The lowest BCUT2D eigenvalue weighted by molar-refractivity contribution is -0.135. The standard InChI is InChI=1S/C20H21FN4OS/c21-14-4-3-5-15-16(14)17-18(27-15)19(23-12-22-17)24-10-6-13(7-11-24)20(26)25-8-1-2-9-25/h3-5,12-13H,1-2,6-11H2. The number of amides is 1. The molecule has 4 heterocycles. The largest absolute Gasteiger partial charge is 0.355 e. The van der Waals surface area contributed by atoms with E-state index in [-0.39, 0.29) is 11.7 Å². The van der Waals surface area contributed by atoms with Crippen LogP contribution >= 0.6 is 11.3 Å². The molecule has 0 bridgehead atoms. The van der Waals surface area contributed by atoms with Crippen LogP contribution in [0.2, 0.25) is 0 Å². The molecule has 0 spiro atoms. The second kappa shape index (κ2) is 6.71. The van der Waals surface area contributed by atoms with Gasteiger partial charge in [0.2, 0.25) is 5.91 Å². The molecule has 2 saturated heterocycles. The van der Waals surface area contributed by atoms with Gasteiger partial charge in [0.15, 0.2) is 0 Å². The fraction of sp³-hybridized carbons (Fsp3) is 0.450. The van der Waals surface area contributed by atoms with Crippen LogP contribution in [-0.4, -0.2) is 47.0 Å². The van der Waals surface area contributed by atoms with Crippen molar-refractivity contribution >= 4 is 43.4 Å². The van der Waals surface area contributed by atoms with E-state index in [0.717, 1.165) is 67.1 Å². The number of benzene rings is 1. The van der Waals surface area contributed by atoms with Crippen molar-refractivity contribution in [3.8, 4) is 0 Å². The Morgan fingerprint density at radius 1 is 1.11 bits per heavy atom. The Labute approximate surface area is 160 Å². The smallest absolute Gasteiger partial charge is 0.225 e. The molecular weight excluding hydrogens is 363 g/mol. The zero-order valence-electron chi connectivity index (χ0n) is 15.0. The zero-order chi connectivity index (χ0) is 18.4. The van der Waals surface area contributed by atoms with E-state index in [4.69, 9.17) is 0 Å². The third kappa shape index (κ3) is 2.84. The Morgan fingerprint density at radius 2 is 1.89 bits per heavy atom. The van der Waals surface area contributed by atoms with Gasteiger partial charge >= 0.3 is 0 Å². The van der Waals surface area contributed by atoms with E-state index in [9.17, 15) is 9.18 Å². The molecule has 5 nitrogen and oxygen atoms in total. The summed E-state index contributed by atoms with van der Waals surface area (Å²) >= 11 is 1.54. The highest BCUT2D eigenvalue weighted by Crippen LogP contribution is 2.39. The zero-order valence-corrected chi connectivity index (χ0v) is 15.8. The van der Waals surface area contributed by atoms with Crippen LogP contribution in [0.15, 0.2) is 24.5 Å². The molecule has 27 heavy (non-hydrogen) atoms. The third-order valence-corrected chi connectivity index (χ3v) is 6.91. The van der Waals surface area contributed by atoms with E-state index < -0.39 is 0 Å². The summed E-state index contributed by atoms with van der Waals surface area (Å²) in [6.45, 7) is 3.43. The second-order valence-corrected chi connectivity index (χ2v) is 8.44. The number of likely N-dealkylation sites (tertiary alicyclic amines) is 1. The molecule has 1 aromatic carbocycles. The van der Waals surface area contributed by atoms with Crippen LogP contribution in [0.25, 0.3) is 20.3 Å². The normalized spacial score (nSPS) is 18.7. The monoisotopic (exact) mass is 384 g/mol. The van der Waals surface area contributed by atoms with Gasteiger partial charge in [-0.25, -0.2) is 14.4 Å². The van der Waals surface area contributed by atoms with E-state index in [2.05, 4.69) is 14.9 Å². The molecular formula is C20H21FN4OS. The van der Waals surface area contributed by atoms with Crippen LogP contribution in [0, 0.1) is 11.7 Å². The molecule has 0 unspecified atom stereocenters. The Hall–Kier alpha value is -2.28. The summed E-state index contributed by atoms with van der Waals surface area (Å²) in [5.41, 5.74) is 0.688. The molecule has 0 radical (unpaired) electrons. The average molecular weight is 384 g/mol. The fourth-order valence-corrected chi connectivity index (χ4v) is 5.51. The maximum atomic E-state index is 14.3. The fourth-order valence-electron chi connectivity index (χ4n) is 4.32. The maximum absolute atomic E-state index is 14.3. The van der Waals surface area contributed by atoms with Crippen molar-refractivity contribution < 1.29 is 9.18 Å². The molecule has 140 valence electrons. The number of hydrogen-bond acceptors (Lipinski definition) is 5. The van der Waals surface area contributed by atoms with Gasteiger partial charge in [-0.2, -0.15) is 0 Å². The molecule has 7 heteroatoms. The molecule has 2 fully saturated rings. The highest BCUT2D eigenvalue weighted by molar-refractivity contribution is 7.26. The van der Waals surface area contributed by atoms with Crippen molar-refractivity contribution in [2.24, 2.45) is 5.92 Å². The summed E-state index contributed by atoms with van der Waals surface area (Å²) in [6.07, 6.45) is 5.48. The molecule has 0 aliphatic carbocycles. The SMILES string of the molecule is O=C(C1CCN(c2ncnc3c2sc2cccc(F)c23)CC1)N1CCCC1. The number of piperidine rings is 1. The van der Waals surface area contributed by atoms with Gasteiger partial charge in [0.05, 0.1) is 15.6 Å². The number of fused-ring (bicyclic) bond motifs is 3. The van der Waals surface area contributed by atoms with Crippen molar-refractivity contribution in [2.75, 3.05) is 31.1 Å². The highest BCUT2D eigenvalue weighted by Gasteiger charge is 2.31. The molecule has 0 atom stereocenters. The summed E-state index contributed by atoms with van der Waals surface area (Å²) in [6, 6.07) is 5.14. The van der Waals surface area contributed by atoms with Gasteiger partial charge in [-0.15, -0.1) is 11.3 Å². The van der Waals surface area contributed by atoms with E-state index in [1.807, 2.05) is 11.0 Å². The highest BCUT2D eigenvalue weighted by atomic mass is 32.1. The minimum absolute atomic E-state index is 0.122. The predicted molar refractivity (Wildman–Crippen MR) is 106 cm³/mol. The number of thiophene rings is 1. The first kappa shape index (κ1) is 16.9. The summed E-state index contributed by atoms with van der Waals surface area (Å²) in [5, 5.41) is 0.584. The Balaban J connectivity index is 1.41. The first-order valence-corrected chi connectivity index (χ1v) is 10.4. The van der Waals surface area contributed by atoms with Gasteiger partial charge in [0.1, 0.15) is 18.0 Å². The average Bonchev–Trinajstić information content (AvgIpc) is 3.35. The molecule has 0 N–H and O–H groups in total. The minimum atomic E-state index is -0.238. The van der Waals surface area contributed by atoms with Crippen LogP contribution in [0.4, 0.5) is 10.2 Å². The van der Waals surface area contributed by atoms with Crippen molar-refractivity contribution in [1.82, 2.24) is 14.9 Å². The number of hydrogen-bond donors (Lipinski definition) is 0. The van der Waals surface area contributed by atoms with Crippen molar-refractivity contribution in [3.05, 3.63) is 30.3 Å². The lowest BCUT2D eigenvalue weighted by Gasteiger charge is -2.33. The van der Waals surface area contributed by atoms with Crippen LogP contribution in [0.3, 0.4) is 0 Å². The van der Waals surface area contributed by atoms with Crippen molar-refractivity contribution in [2.45, 2.75) is 25.7 Å². The van der Waals surface area contributed by atoms with Gasteiger partial charge in [0, 0.05) is 36.8 Å². The Kier molecular flexibility index (Phi) is 4.19. The number of rotatable bonds is 2. The topological polar surface area (TPSA) is 49.3 Å². The van der Waals surface area contributed by atoms with Gasteiger partial charge in [-0.1, -0.05) is 6.07 Å². The molecule has 1 amide bonds. The lowest BCUT2D eigenvalue weighted by atomic mass is 9.95. The molecule has 2 aromatic heterocycles. The van der Waals surface area contributed by atoms with Gasteiger partial charge in [-0.05, 0) is 37.8 Å². The third-order valence-electron chi connectivity index (χ3n) is 5.77. The minimum Gasteiger partial charge on any atom is -0.355 e. The molecule has 0 saturated carbocycles. The molecule has 2 aliphatic rings. The van der Waals surface area contributed by atoms with Crippen LogP contribution < -0.4 is 4.90 Å². The van der Waals surface area contributed by atoms with Gasteiger partial charge < -0.3 is 9.80 Å². The van der Waals surface area contributed by atoms with Gasteiger partial charge in [0.25, 0.3) is 0 Å². The number of carbonyl (C=O) groups is 1. The van der Waals surface area contributed by atoms with E-state index >= 15 is 0 Å². The van der Waals surface area contributed by atoms with Crippen LogP contribution in [0.5, 0.6) is 0 Å². The summed E-state index contributed by atoms with van der Waals surface area (Å²) in [5.74, 6) is 1.08. The first-order chi connectivity index (χ1) is 13.2. The van der Waals surface area contributed by atoms with E-state index in [1.54, 1.807) is 17.4 Å². The van der Waals surface area contributed by atoms with Crippen molar-refractivity contribution in [1.29, 1.82) is 0 Å². The summed E-state index contributed by atoms with van der Waals surface area (Å²) in [4.78, 5) is 25.8. The summed E-state index contributed by atoms with van der Waals surface area (Å²) < 4.78 is 16.1. The second-order valence-electron chi connectivity index (χ2n) is 7.38. The number of halogens is 1. The van der Waals surface area contributed by atoms with Crippen LogP contribution in [-0.2, 0) is 4.79 Å². The lowest BCUT2D eigenvalue weighted by Crippen LogP contribution is -2.42. The van der Waals surface area contributed by atoms with E-state index in [1.165, 1.54) is 12.4 Å². The summed E-state index contributed by atoms with van der Waals surface area (Å²) in [7, 11) is 0. The molecule has 3 aromatic rings. The predicted octanol–water partition coefficient (Wildman–Crippen LogP) is 3.82. The number of carbonyl (C=O) groups excluding carboxylic acids is 1. The molecule has 5 rings (SSSR count).